The van der Waals surface area contributed by atoms with Gasteiger partial charge in [-0.3, -0.25) is 4.79 Å². The van der Waals surface area contributed by atoms with E-state index in [9.17, 15) is 13.6 Å². The third-order valence-electron chi connectivity index (χ3n) is 3.19. The lowest BCUT2D eigenvalue weighted by Gasteiger charge is -2.19. The molecule has 0 aliphatic heterocycles. The number of carbonyl (C=O) groups is 1. The summed E-state index contributed by atoms with van der Waals surface area (Å²) in [4.78, 5) is 11.1. The Morgan fingerprint density at radius 3 is 2.19 bits per heavy atom. The number of rotatable bonds is 7. The maximum absolute atomic E-state index is 12.3. The summed E-state index contributed by atoms with van der Waals surface area (Å²) in [6, 6.07) is 2.79. The third kappa shape index (κ3) is 4.97. The quantitative estimate of drug-likeness (QED) is 0.812. The average Bonchev–Trinajstić information content (AvgIpc) is 2.33. The fraction of sp³-hybridized carbons (Fsp3) is 0.533. The minimum absolute atomic E-state index is 0.0499. The van der Waals surface area contributed by atoms with E-state index < -0.39 is 18.6 Å². The smallest absolute Gasteiger partial charge is 0.387 e. The summed E-state index contributed by atoms with van der Waals surface area (Å²) in [5.74, 6) is -0.783. The molecule has 1 atom stereocenters. The molecule has 4 nitrogen and oxygen atoms in total. The first-order valence-corrected chi connectivity index (χ1v) is 6.73. The predicted molar refractivity (Wildman–Crippen MR) is 75.6 cm³/mol. The number of aryl methyl sites for hydroxylation is 2. The number of carboxylic acid groups (broad SMARTS) is 1. The van der Waals surface area contributed by atoms with Crippen LogP contribution in [0.3, 0.4) is 0 Å². The molecule has 0 fully saturated rings. The van der Waals surface area contributed by atoms with Gasteiger partial charge in [0.05, 0.1) is 0 Å². The molecule has 0 aliphatic rings. The number of hydrogen-bond donors (Lipinski definition) is 2. The van der Waals surface area contributed by atoms with Crippen molar-refractivity contribution in [3.8, 4) is 5.75 Å². The topological polar surface area (TPSA) is 58.6 Å². The molecule has 0 bridgehead atoms. The third-order valence-corrected chi connectivity index (χ3v) is 3.19. The van der Waals surface area contributed by atoms with Crippen LogP contribution in [0.4, 0.5) is 8.78 Å². The van der Waals surface area contributed by atoms with Crippen molar-refractivity contribution in [2.24, 2.45) is 5.92 Å². The molecule has 0 heterocycles. The molecule has 0 saturated heterocycles. The monoisotopic (exact) mass is 301 g/mol. The van der Waals surface area contributed by atoms with Crippen LogP contribution in [0.15, 0.2) is 12.1 Å². The van der Waals surface area contributed by atoms with E-state index in [0.29, 0.717) is 17.7 Å². The van der Waals surface area contributed by atoms with Crippen LogP contribution in [-0.4, -0.2) is 23.7 Å². The number of nitrogens with one attached hydrogen (secondary N) is 1. The lowest BCUT2D eigenvalue weighted by atomic mass is 10.0. The Morgan fingerprint density at radius 2 is 1.81 bits per heavy atom. The van der Waals surface area contributed by atoms with E-state index in [0.717, 1.165) is 5.56 Å². The van der Waals surface area contributed by atoms with E-state index in [1.165, 1.54) is 0 Å². The molecule has 118 valence electrons. The summed E-state index contributed by atoms with van der Waals surface area (Å²) in [6.07, 6.45) is 0. The second-order valence-electron chi connectivity index (χ2n) is 5.38. The highest BCUT2D eigenvalue weighted by Crippen LogP contribution is 2.26. The minimum Gasteiger partial charge on any atom is -0.480 e. The highest BCUT2D eigenvalue weighted by Gasteiger charge is 2.20. The lowest BCUT2D eigenvalue weighted by Crippen LogP contribution is -2.40. The molecule has 6 heteroatoms. The van der Waals surface area contributed by atoms with Crippen molar-refractivity contribution >= 4 is 5.97 Å². The van der Waals surface area contributed by atoms with Gasteiger partial charge in [-0.15, -0.1) is 0 Å². The highest BCUT2D eigenvalue weighted by molar-refractivity contribution is 5.73. The lowest BCUT2D eigenvalue weighted by molar-refractivity contribution is -0.140. The van der Waals surface area contributed by atoms with Crippen LogP contribution in [-0.2, 0) is 11.3 Å². The van der Waals surface area contributed by atoms with E-state index in [4.69, 9.17) is 5.11 Å². The maximum atomic E-state index is 12.3. The van der Waals surface area contributed by atoms with Crippen LogP contribution in [0.25, 0.3) is 0 Å². The fourth-order valence-electron chi connectivity index (χ4n) is 2.25. The predicted octanol–water partition coefficient (Wildman–Crippen LogP) is 3.10. The van der Waals surface area contributed by atoms with Crippen LogP contribution in [0, 0.1) is 19.8 Å². The molecular formula is C15H21F2NO3. The van der Waals surface area contributed by atoms with Crippen LogP contribution >= 0.6 is 0 Å². The summed E-state index contributed by atoms with van der Waals surface area (Å²) in [7, 11) is 0. The van der Waals surface area contributed by atoms with E-state index in [1.54, 1.807) is 26.0 Å². The van der Waals surface area contributed by atoms with Gasteiger partial charge >= 0.3 is 12.6 Å². The van der Waals surface area contributed by atoms with Gasteiger partial charge < -0.3 is 15.2 Å². The van der Waals surface area contributed by atoms with Crippen molar-refractivity contribution in [3.05, 3.63) is 28.8 Å². The standard InChI is InChI=1S/C15H21F2NO3/c1-8(2)12(14(19)20)18-7-11-5-9(3)13(10(4)6-11)21-15(16)17/h5-6,8,12,15,18H,7H2,1-4H3,(H,19,20)/t12-/m1/s1. The zero-order valence-electron chi connectivity index (χ0n) is 12.6. The molecule has 0 saturated carbocycles. The van der Waals surface area contributed by atoms with Crippen molar-refractivity contribution in [3.63, 3.8) is 0 Å². The highest BCUT2D eigenvalue weighted by atomic mass is 19.3. The summed E-state index contributed by atoms with van der Waals surface area (Å²) < 4.78 is 29.1. The van der Waals surface area contributed by atoms with E-state index >= 15 is 0 Å². The Morgan fingerprint density at radius 1 is 1.29 bits per heavy atom. The molecule has 0 aliphatic carbocycles. The Bertz CT molecular complexity index is 481. The van der Waals surface area contributed by atoms with Crippen molar-refractivity contribution < 1.29 is 23.4 Å². The van der Waals surface area contributed by atoms with Gasteiger partial charge in [0.25, 0.3) is 0 Å². The zero-order chi connectivity index (χ0) is 16.2. The van der Waals surface area contributed by atoms with Crippen LogP contribution in [0.2, 0.25) is 0 Å². The molecule has 1 rings (SSSR count). The minimum atomic E-state index is -2.86. The molecule has 1 aromatic rings. The van der Waals surface area contributed by atoms with Gasteiger partial charge in [-0.05, 0) is 36.5 Å². The molecule has 0 aromatic heterocycles. The number of benzene rings is 1. The average molecular weight is 301 g/mol. The Hall–Kier alpha value is -1.69. The van der Waals surface area contributed by atoms with E-state index in [-0.39, 0.29) is 11.7 Å². The zero-order valence-corrected chi connectivity index (χ0v) is 12.6. The first-order chi connectivity index (χ1) is 9.72. The summed E-state index contributed by atoms with van der Waals surface area (Å²) in [5.41, 5.74) is 2.03. The van der Waals surface area contributed by atoms with Gasteiger partial charge in [0, 0.05) is 6.54 Å². The van der Waals surface area contributed by atoms with Crippen molar-refractivity contribution in [2.75, 3.05) is 0 Å². The number of hydrogen-bond acceptors (Lipinski definition) is 3. The Kier molecular flexibility index (Phi) is 6.08. The number of carboxylic acids is 1. The molecular weight excluding hydrogens is 280 g/mol. The molecule has 0 spiro atoms. The molecule has 21 heavy (non-hydrogen) atoms. The molecule has 0 radical (unpaired) electrons. The normalized spacial score (nSPS) is 12.8. The van der Waals surface area contributed by atoms with Crippen molar-refractivity contribution in [1.29, 1.82) is 0 Å². The maximum Gasteiger partial charge on any atom is 0.387 e. The molecule has 0 amide bonds. The first kappa shape index (κ1) is 17.4. The number of aliphatic carboxylic acids is 1. The van der Waals surface area contributed by atoms with Gasteiger partial charge in [0.1, 0.15) is 11.8 Å². The summed E-state index contributed by atoms with van der Waals surface area (Å²) in [6.45, 7) is 4.51. The van der Waals surface area contributed by atoms with E-state index in [2.05, 4.69) is 10.1 Å². The second-order valence-corrected chi connectivity index (χ2v) is 5.38. The van der Waals surface area contributed by atoms with Crippen molar-refractivity contribution in [1.82, 2.24) is 5.32 Å². The van der Waals surface area contributed by atoms with Crippen LogP contribution in [0.5, 0.6) is 5.75 Å². The van der Waals surface area contributed by atoms with Gasteiger partial charge in [0.2, 0.25) is 0 Å². The molecule has 1 aromatic carbocycles. The Balaban J connectivity index is 2.84. The van der Waals surface area contributed by atoms with Crippen LogP contribution in [0.1, 0.15) is 30.5 Å². The summed E-state index contributed by atoms with van der Waals surface area (Å²) in [5, 5.41) is 12.1. The van der Waals surface area contributed by atoms with Gasteiger partial charge in [-0.1, -0.05) is 26.0 Å². The van der Waals surface area contributed by atoms with Gasteiger partial charge in [-0.25, -0.2) is 0 Å². The van der Waals surface area contributed by atoms with Gasteiger partial charge in [-0.2, -0.15) is 8.78 Å². The van der Waals surface area contributed by atoms with Crippen LogP contribution < -0.4 is 10.1 Å². The van der Waals surface area contributed by atoms with Gasteiger partial charge in [0.15, 0.2) is 0 Å². The number of alkyl halides is 2. The fourth-order valence-corrected chi connectivity index (χ4v) is 2.25. The number of halogens is 2. The molecule has 2 N–H and O–H groups in total. The number of ether oxygens (including phenoxy) is 1. The Labute approximate surface area is 123 Å². The van der Waals surface area contributed by atoms with E-state index in [1.807, 2.05) is 13.8 Å². The largest absolute Gasteiger partial charge is 0.480 e. The SMILES string of the molecule is Cc1cc(CN[C@@H](C(=O)O)C(C)C)cc(C)c1OC(F)F. The molecule has 0 unspecified atom stereocenters. The summed E-state index contributed by atoms with van der Waals surface area (Å²) >= 11 is 0. The van der Waals surface area contributed by atoms with Crippen molar-refractivity contribution in [2.45, 2.75) is 46.9 Å². The first-order valence-electron chi connectivity index (χ1n) is 6.73. The second kappa shape index (κ2) is 7.36.